The van der Waals surface area contributed by atoms with E-state index in [0.717, 1.165) is 11.9 Å². The van der Waals surface area contributed by atoms with Crippen molar-refractivity contribution in [3.63, 3.8) is 0 Å². The van der Waals surface area contributed by atoms with Crippen LogP contribution in [0.25, 0.3) is 0 Å². The lowest BCUT2D eigenvalue weighted by Crippen LogP contribution is -1.93. The Bertz CT molecular complexity index is 205. The van der Waals surface area contributed by atoms with Gasteiger partial charge in [0.2, 0.25) is 0 Å². The summed E-state index contributed by atoms with van der Waals surface area (Å²) in [6, 6.07) is 8.48. The number of aryl methyl sites for hydroxylation is 1. The van der Waals surface area contributed by atoms with Gasteiger partial charge in [0.1, 0.15) is 0 Å². The molecule has 0 heterocycles. The number of nitrogens with one attached hydrogen (secondary N) is 1. The normalized spacial score (nSPS) is 9.64. The first kappa shape index (κ1) is 8.60. The van der Waals surface area contributed by atoms with Gasteiger partial charge in [-0.3, -0.25) is 0 Å². The average molecular weight is 214 g/mol. The second kappa shape index (κ2) is 4.39. The van der Waals surface area contributed by atoms with E-state index in [1.807, 2.05) is 0 Å². The lowest BCUT2D eigenvalue weighted by Gasteiger charge is -2.02. The second-order valence-electron chi connectivity index (χ2n) is 2.36. The van der Waals surface area contributed by atoms with Crippen LogP contribution in [0.3, 0.4) is 0 Å². The molecule has 0 atom stereocenters. The molecule has 1 N–H and O–H groups in total. The van der Waals surface area contributed by atoms with E-state index < -0.39 is 0 Å². The van der Waals surface area contributed by atoms with E-state index in [-0.39, 0.29) is 0 Å². The summed E-state index contributed by atoms with van der Waals surface area (Å²) in [6.45, 7) is 2.16. The predicted octanol–water partition coefficient (Wildman–Crippen LogP) is 3.01. The molecule has 0 saturated heterocycles. The fraction of sp³-hybridized carbons (Fsp3) is 0.333. The molecule has 0 spiro atoms. The highest BCUT2D eigenvalue weighted by Crippen LogP contribution is 2.09. The molecule has 1 nitrogen and oxygen atoms in total. The molecule has 0 amide bonds. The van der Waals surface area contributed by atoms with E-state index in [1.54, 1.807) is 0 Å². The first-order valence-corrected chi connectivity index (χ1v) is 4.87. The zero-order valence-corrected chi connectivity index (χ0v) is 8.19. The summed E-state index contributed by atoms with van der Waals surface area (Å²) in [4.78, 5) is 0. The van der Waals surface area contributed by atoms with Crippen LogP contribution in [0, 0.1) is 0 Å². The van der Waals surface area contributed by atoms with E-state index >= 15 is 0 Å². The lowest BCUT2D eigenvalue weighted by molar-refractivity contribution is 1.14. The highest BCUT2D eigenvalue weighted by Gasteiger charge is 1.89. The van der Waals surface area contributed by atoms with Crippen LogP contribution < -0.4 is 5.32 Å². The van der Waals surface area contributed by atoms with Gasteiger partial charge in [-0.05, 0) is 24.1 Å². The minimum absolute atomic E-state index is 0.804. The van der Waals surface area contributed by atoms with Crippen molar-refractivity contribution in [2.75, 3.05) is 10.8 Å². The van der Waals surface area contributed by atoms with Gasteiger partial charge in [0, 0.05) is 5.69 Å². The fourth-order valence-corrected chi connectivity index (χ4v) is 1.26. The number of anilines is 1. The van der Waals surface area contributed by atoms with Crippen LogP contribution in [0.2, 0.25) is 0 Å². The Hall–Kier alpha value is -0.500. The number of alkyl halides is 1. The molecule has 0 saturated carbocycles. The lowest BCUT2D eigenvalue weighted by atomic mass is 10.1. The Kier molecular flexibility index (Phi) is 3.43. The van der Waals surface area contributed by atoms with Crippen molar-refractivity contribution >= 4 is 21.6 Å². The molecule has 0 aliphatic rings. The Balaban J connectivity index is 2.66. The molecule has 2 heteroatoms. The van der Waals surface area contributed by atoms with Gasteiger partial charge in [-0.15, -0.1) is 0 Å². The summed E-state index contributed by atoms with van der Waals surface area (Å²) in [5, 5.41) is 3.18. The van der Waals surface area contributed by atoms with Gasteiger partial charge in [-0.1, -0.05) is 35.0 Å². The van der Waals surface area contributed by atoms with Crippen LogP contribution in [0.4, 0.5) is 5.69 Å². The summed E-state index contributed by atoms with van der Waals surface area (Å²) in [5.41, 5.74) is 3.35. The van der Waals surface area contributed by atoms with E-state index in [0.29, 0.717) is 0 Å². The van der Waals surface area contributed by atoms with Crippen LogP contribution in [0.1, 0.15) is 12.5 Å². The van der Waals surface area contributed by atoms with Gasteiger partial charge in [0.15, 0.2) is 0 Å². The van der Waals surface area contributed by atoms with Crippen LogP contribution >= 0.6 is 15.9 Å². The third kappa shape index (κ3) is 2.54. The number of hydrogen-bond donors (Lipinski definition) is 1. The quantitative estimate of drug-likeness (QED) is 0.602. The van der Waals surface area contributed by atoms with Gasteiger partial charge in [-0.25, -0.2) is 0 Å². The molecule has 0 unspecified atom stereocenters. The molecule has 60 valence electrons. The molecule has 0 bridgehead atoms. The number of hydrogen-bond acceptors (Lipinski definition) is 1. The summed E-state index contributed by atoms with van der Waals surface area (Å²) >= 11 is 3.31. The summed E-state index contributed by atoms with van der Waals surface area (Å²) in [7, 11) is 0. The van der Waals surface area contributed by atoms with E-state index in [9.17, 15) is 0 Å². The van der Waals surface area contributed by atoms with Gasteiger partial charge < -0.3 is 5.32 Å². The third-order valence-corrected chi connectivity index (χ3v) is 1.91. The monoisotopic (exact) mass is 213 g/mol. The van der Waals surface area contributed by atoms with E-state index in [4.69, 9.17) is 0 Å². The van der Waals surface area contributed by atoms with Crippen molar-refractivity contribution in [1.82, 2.24) is 0 Å². The first-order chi connectivity index (χ1) is 5.36. The molecule has 0 fully saturated rings. The Labute approximate surface area is 75.9 Å². The molecular formula is C9H12BrN. The average Bonchev–Trinajstić information content (AvgIpc) is 2.07. The minimum Gasteiger partial charge on any atom is -0.375 e. The molecule has 1 aromatic rings. The minimum atomic E-state index is 0.804. The fourth-order valence-electron chi connectivity index (χ4n) is 0.935. The summed E-state index contributed by atoms with van der Waals surface area (Å²) in [6.07, 6.45) is 1.11. The van der Waals surface area contributed by atoms with Crippen LogP contribution in [0.5, 0.6) is 0 Å². The molecule has 1 aromatic carbocycles. The highest BCUT2D eigenvalue weighted by atomic mass is 79.9. The highest BCUT2D eigenvalue weighted by molar-refractivity contribution is 9.09. The number of benzene rings is 1. The summed E-state index contributed by atoms with van der Waals surface area (Å²) in [5.74, 6) is 0. The third-order valence-electron chi connectivity index (χ3n) is 1.63. The maximum absolute atomic E-state index is 3.31. The molecule has 1 rings (SSSR count). The van der Waals surface area contributed by atoms with Gasteiger partial charge in [-0.2, -0.15) is 0 Å². The zero-order chi connectivity index (χ0) is 8.10. The second-order valence-corrected chi connectivity index (χ2v) is 2.92. The maximum Gasteiger partial charge on any atom is 0.0707 e. The molecular weight excluding hydrogens is 202 g/mol. The Morgan fingerprint density at radius 1 is 1.27 bits per heavy atom. The topological polar surface area (TPSA) is 12.0 Å². The first-order valence-electron chi connectivity index (χ1n) is 3.75. The van der Waals surface area contributed by atoms with Crippen LogP contribution in [-0.4, -0.2) is 5.45 Å². The van der Waals surface area contributed by atoms with E-state index in [2.05, 4.69) is 52.4 Å². The zero-order valence-electron chi connectivity index (χ0n) is 6.60. The number of rotatable bonds is 3. The van der Waals surface area contributed by atoms with Crippen molar-refractivity contribution in [1.29, 1.82) is 0 Å². The molecule has 0 aliphatic heterocycles. The van der Waals surface area contributed by atoms with Crippen molar-refractivity contribution in [2.45, 2.75) is 13.3 Å². The molecule has 11 heavy (non-hydrogen) atoms. The Morgan fingerprint density at radius 3 is 2.36 bits per heavy atom. The molecule has 0 radical (unpaired) electrons. The van der Waals surface area contributed by atoms with Crippen molar-refractivity contribution in [2.24, 2.45) is 0 Å². The standard InChI is InChI=1S/C9H12BrN/c1-2-8-3-5-9(6-4-8)11-7-10/h3-6,11H,2,7H2,1H3. The maximum atomic E-state index is 3.31. The molecule has 0 aromatic heterocycles. The largest absolute Gasteiger partial charge is 0.375 e. The SMILES string of the molecule is CCc1ccc(NCBr)cc1. The number of halogens is 1. The van der Waals surface area contributed by atoms with Gasteiger partial charge >= 0.3 is 0 Å². The van der Waals surface area contributed by atoms with Gasteiger partial charge in [0.05, 0.1) is 5.45 Å². The summed E-state index contributed by atoms with van der Waals surface area (Å²) < 4.78 is 0. The van der Waals surface area contributed by atoms with Crippen molar-refractivity contribution < 1.29 is 0 Å². The van der Waals surface area contributed by atoms with E-state index in [1.165, 1.54) is 11.3 Å². The Morgan fingerprint density at radius 2 is 1.91 bits per heavy atom. The van der Waals surface area contributed by atoms with Crippen molar-refractivity contribution in [3.05, 3.63) is 29.8 Å². The van der Waals surface area contributed by atoms with Gasteiger partial charge in [0.25, 0.3) is 0 Å². The van der Waals surface area contributed by atoms with Crippen LogP contribution in [-0.2, 0) is 6.42 Å². The smallest absolute Gasteiger partial charge is 0.0707 e. The van der Waals surface area contributed by atoms with Crippen molar-refractivity contribution in [3.8, 4) is 0 Å². The molecule has 0 aliphatic carbocycles. The predicted molar refractivity (Wildman–Crippen MR) is 53.2 cm³/mol. The van der Waals surface area contributed by atoms with Crippen LogP contribution in [0.15, 0.2) is 24.3 Å².